The van der Waals surface area contributed by atoms with Crippen LogP contribution in [0.2, 0.25) is 0 Å². The van der Waals surface area contributed by atoms with Gasteiger partial charge in [-0.05, 0) is 23.3 Å². The van der Waals surface area contributed by atoms with Crippen LogP contribution in [0.1, 0.15) is 21.5 Å². The summed E-state index contributed by atoms with van der Waals surface area (Å²) in [6.07, 6.45) is 0. The number of benzene rings is 2. The molecule has 2 nitrogen and oxygen atoms in total. The fourth-order valence-corrected chi connectivity index (χ4v) is 2.10. The Hall–Kier alpha value is -1.82. The Kier molecular flexibility index (Phi) is 5.01. The summed E-state index contributed by atoms with van der Waals surface area (Å²) in [5.41, 5.74) is 1.37. The van der Waals surface area contributed by atoms with E-state index in [0.29, 0.717) is 0 Å². The van der Waals surface area contributed by atoms with Gasteiger partial charge in [-0.1, -0.05) is 40.2 Å². The first kappa shape index (κ1) is 15.6. The first-order valence-corrected chi connectivity index (χ1v) is 7.20. The number of hydrogen-bond acceptors (Lipinski definition) is 1. The molecule has 0 atom stereocenters. The van der Waals surface area contributed by atoms with E-state index in [2.05, 4.69) is 21.2 Å². The van der Waals surface area contributed by atoms with Gasteiger partial charge in [-0.3, -0.25) is 4.79 Å². The van der Waals surface area contributed by atoms with Gasteiger partial charge in [-0.25, -0.2) is 13.2 Å². The van der Waals surface area contributed by atoms with Gasteiger partial charge >= 0.3 is 0 Å². The van der Waals surface area contributed by atoms with Gasteiger partial charge in [0.15, 0.2) is 17.5 Å². The molecule has 2 rings (SSSR count). The predicted octanol–water partition coefficient (Wildman–Crippen LogP) is 3.93. The van der Waals surface area contributed by atoms with Crippen molar-refractivity contribution in [3.8, 4) is 0 Å². The van der Waals surface area contributed by atoms with Gasteiger partial charge in [0.05, 0.1) is 5.56 Å². The van der Waals surface area contributed by atoms with E-state index in [9.17, 15) is 18.0 Å². The maximum absolute atomic E-state index is 13.5. The van der Waals surface area contributed by atoms with Crippen LogP contribution in [0.4, 0.5) is 13.2 Å². The van der Waals surface area contributed by atoms with E-state index in [1.807, 2.05) is 24.3 Å². The normalized spacial score (nSPS) is 10.5. The topological polar surface area (TPSA) is 29.1 Å². The smallest absolute Gasteiger partial charge is 0.254 e. The summed E-state index contributed by atoms with van der Waals surface area (Å²) < 4.78 is 39.3. The Bertz CT molecular complexity index is 659. The monoisotopic (exact) mass is 357 g/mol. The van der Waals surface area contributed by atoms with Crippen LogP contribution in [-0.2, 0) is 11.9 Å². The van der Waals surface area contributed by atoms with Crippen LogP contribution in [0, 0.1) is 17.5 Å². The Labute approximate surface area is 128 Å². The number of hydrogen-bond donors (Lipinski definition) is 1. The second-order valence-electron chi connectivity index (χ2n) is 4.36. The van der Waals surface area contributed by atoms with Crippen LogP contribution in [-0.4, -0.2) is 5.91 Å². The molecule has 0 unspecified atom stereocenters. The molecule has 6 heteroatoms. The van der Waals surface area contributed by atoms with E-state index in [1.165, 1.54) is 0 Å². The number of carbonyl (C=O) groups excluding carboxylic acids is 1. The highest BCUT2D eigenvalue weighted by atomic mass is 79.9. The quantitative estimate of drug-likeness (QED) is 0.651. The highest BCUT2D eigenvalue weighted by molar-refractivity contribution is 9.08. The van der Waals surface area contributed by atoms with Crippen molar-refractivity contribution in [2.24, 2.45) is 0 Å². The average molecular weight is 358 g/mol. The molecule has 1 N–H and O–H groups in total. The number of amides is 1. The molecule has 0 bridgehead atoms. The molecular formula is C15H11BrF3NO. The summed E-state index contributed by atoms with van der Waals surface area (Å²) in [4.78, 5) is 11.8. The zero-order chi connectivity index (χ0) is 15.4. The van der Waals surface area contributed by atoms with Crippen molar-refractivity contribution >= 4 is 21.8 Å². The van der Waals surface area contributed by atoms with Gasteiger partial charge in [0.25, 0.3) is 5.91 Å². The highest BCUT2D eigenvalue weighted by Gasteiger charge is 2.18. The SMILES string of the molecule is O=C(NCc1ccc(CBr)cc1)c1ccc(F)c(F)c1F. The van der Waals surface area contributed by atoms with E-state index >= 15 is 0 Å². The Balaban J connectivity index is 2.06. The van der Waals surface area contributed by atoms with Gasteiger partial charge in [-0.2, -0.15) is 0 Å². The van der Waals surface area contributed by atoms with Crippen LogP contribution in [0.5, 0.6) is 0 Å². The van der Waals surface area contributed by atoms with E-state index in [4.69, 9.17) is 0 Å². The standard InChI is InChI=1S/C15H11BrF3NO/c16-7-9-1-3-10(4-2-9)8-20-15(21)11-5-6-12(17)14(19)13(11)18/h1-6H,7-8H2,(H,20,21). The largest absolute Gasteiger partial charge is 0.348 e. The van der Waals surface area contributed by atoms with Crippen molar-refractivity contribution in [2.45, 2.75) is 11.9 Å². The van der Waals surface area contributed by atoms with E-state index in [0.717, 1.165) is 28.6 Å². The lowest BCUT2D eigenvalue weighted by atomic mass is 10.1. The second-order valence-corrected chi connectivity index (χ2v) is 4.92. The Morgan fingerprint density at radius 2 is 1.57 bits per heavy atom. The number of halogens is 4. The molecule has 110 valence electrons. The molecule has 21 heavy (non-hydrogen) atoms. The van der Waals surface area contributed by atoms with Crippen molar-refractivity contribution in [3.63, 3.8) is 0 Å². The number of rotatable bonds is 4. The van der Waals surface area contributed by atoms with Gasteiger partial charge in [-0.15, -0.1) is 0 Å². The van der Waals surface area contributed by atoms with Crippen LogP contribution in [0.3, 0.4) is 0 Å². The molecule has 0 fully saturated rings. The number of alkyl halides is 1. The molecule has 0 heterocycles. The number of nitrogens with one attached hydrogen (secondary N) is 1. The van der Waals surface area contributed by atoms with Crippen molar-refractivity contribution < 1.29 is 18.0 Å². The van der Waals surface area contributed by atoms with E-state index < -0.39 is 28.9 Å². The Morgan fingerprint density at radius 1 is 0.952 bits per heavy atom. The maximum Gasteiger partial charge on any atom is 0.254 e. The van der Waals surface area contributed by atoms with Crippen LogP contribution < -0.4 is 5.32 Å². The second kappa shape index (κ2) is 6.76. The van der Waals surface area contributed by atoms with Gasteiger partial charge < -0.3 is 5.32 Å². The molecular weight excluding hydrogens is 347 g/mol. The first-order valence-electron chi connectivity index (χ1n) is 6.08. The van der Waals surface area contributed by atoms with Crippen molar-refractivity contribution in [1.29, 1.82) is 0 Å². The lowest BCUT2D eigenvalue weighted by Gasteiger charge is -2.07. The zero-order valence-corrected chi connectivity index (χ0v) is 12.4. The molecule has 0 aliphatic heterocycles. The zero-order valence-electron chi connectivity index (χ0n) is 10.8. The third-order valence-electron chi connectivity index (χ3n) is 2.91. The third-order valence-corrected chi connectivity index (χ3v) is 3.56. The van der Waals surface area contributed by atoms with E-state index in [1.54, 1.807) is 0 Å². The molecule has 1 amide bonds. The minimum atomic E-state index is -1.65. The molecule has 0 radical (unpaired) electrons. The summed E-state index contributed by atoms with van der Waals surface area (Å²) in [5.74, 6) is -5.25. The summed E-state index contributed by atoms with van der Waals surface area (Å²) in [5, 5.41) is 3.18. The Morgan fingerprint density at radius 3 is 2.19 bits per heavy atom. The minimum Gasteiger partial charge on any atom is -0.348 e. The molecule has 2 aromatic rings. The van der Waals surface area contributed by atoms with Crippen LogP contribution in [0.15, 0.2) is 36.4 Å². The molecule has 0 aliphatic carbocycles. The molecule has 0 spiro atoms. The molecule has 0 saturated carbocycles. The average Bonchev–Trinajstić information content (AvgIpc) is 2.51. The van der Waals surface area contributed by atoms with Gasteiger partial charge in [0, 0.05) is 11.9 Å². The summed E-state index contributed by atoms with van der Waals surface area (Å²) in [6.45, 7) is 0.167. The highest BCUT2D eigenvalue weighted by Crippen LogP contribution is 2.15. The fraction of sp³-hybridized carbons (Fsp3) is 0.133. The van der Waals surface area contributed by atoms with Gasteiger partial charge in [0.1, 0.15) is 0 Å². The summed E-state index contributed by atoms with van der Waals surface area (Å²) in [6, 6.07) is 9.04. The predicted molar refractivity (Wildman–Crippen MR) is 76.6 cm³/mol. The maximum atomic E-state index is 13.5. The molecule has 0 aliphatic rings. The molecule has 0 aromatic heterocycles. The first-order chi connectivity index (χ1) is 10.0. The fourth-order valence-electron chi connectivity index (χ4n) is 1.73. The van der Waals surface area contributed by atoms with Crippen molar-refractivity contribution in [3.05, 3.63) is 70.5 Å². The lowest BCUT2D eigenvalue weighted by Crippen LogP contribution is -2.24. The van der Waals surface area contributed by atoms with Crippen LogP contribution in [0.25, 0.3) is 0 Å². The van der Waals surface area contributed by atoms with Crippen molar-refractivity contribution in [2.75, 3.05) is 0 Å². The molecule has 0 saturated heterocycles. The van der Waals surface area contributed by atoms with Crippen LogP contribution >= 0.6 is 15.9 Å². The van der Waals surface area contributed by atoms with E-state index in [-0.39, 0.29) is 6.54 Å². The molecule has 2 aromatic carbocycles. The summed E-state index contributed by atoms with van der Waals surface area (Å²) in [7, 11) is 0. The van der Waals surface area contributed by atoms with Crippen molar-refractivity contribution in [1.82, 2.24) is 5.32 Å². The summed E-state index contributed by atoms with van der Waals surface area (Å²) >= 11 is 3.32. The van der Waals surface area contributed by atoms with Gasteiger partial charge in [0.2, 0.25) is 0 Å². The minimum absolute atomic E-state index is 0.167. The number of carbonyl (C=O) groups is 1. The third kappa shape index (κ3) is 3.64. The lowest BCUT2D eigenvalue weighted by molar-refractivity contribution is 0.0945.